The van der Waals surface area contributed by atoms with Crippen LogP contribution < -0.4 is 19.5 Å². The predicted molar refractivity (Wildman–Crippen MR) is 112 cm³/mol. The number of nitrogens with zero attached hydrogens (tertiary/aromatic N) is 2. The standard InChI is InChI=1S/C21H18BrN3O4/c1-3-28-17-6-4-16(5-7-17)25-21(26)15(13-24)10-14-11-18(22)20(29-9-8-23)19(12-14)27-2/h4-7,10-12H,3,9H2,1-2H3,(H,25,26)/b15-10-. The Morgan fingerprint density at radius 3 is 2.52 bits per heavy atom. The molecular weight excluding hydrogens is 438 g/mol. The monoisotopic (exact) mass is 455 g/mol. The van der Waals surface area contributed by atoms with Gasteiger partial charge in [0, 0.05) is 5.69 Å². The molecule has 0 heterocycles. The number of hydrogen-bond donors (Lipinski definition) is 1. The lowest BCUT2D eigenvalue weighted by Crippen LogP contribution is -2.13. The first-order valence-corrected chi connectivity index (χ1v) is 9.35. The summed E-state index contributed by atoms with van der Waals surface area (Å²) in [6, 6.07) is 13.9. The lowest BCUT2D eigenvalue weighted by molar-refractivity contribution is -0.112. The molecule has 0 aliphatic heterocycles. The number of nitriles is 2. The highest BCUT2D eigenvalue weighted by molar-refractivity contribution is 9.10. The second kappa shape index (κ2) is 10.7. The summed E-state index contributed by atoms with van der Waals surface area (Å²) >= 11 is 3.35. The number of carbonyl (C=O) groups is 1. The van der Waals surface area contributed by atoms with Crippen LogP contribution in [-0.4, -0.2) is 26.2 Å². The number of nitrogens with one attached hydrogen (secondary N) is 1. The lowest BCUT2D eigenvalue weighted by Gasteiger charge is -2.12. The molecule has 0 atom stereocenters. The van der Waals surface area contributed by atoms with Crippen LogP contribution in [-0.2, 0) is 4.79 Å². The van der Waals surface area contributed by atoms with Gasteiger partial charge in [0.2, 0.25) is 0 Å². The minimum Gasteiger partial charge on any atom is -0.494 e. The fourth-order valence-corrected chi connectivity index (χ4v) is 2.96. The third-order valence-corrected chi connectivity index (χ3v) is 4.22. The Balaban J connectivity index is 2.24. The number of carbonyl (C=O) groups excluding carboxylic acids is 1. The Bertz CT molecular complexity index is 989. The normalized spacial score (nSPS) is 10.4. The van der Waals surface area contributed by atoms with Crippen LogP contribution >= 0.6 is 15.9 Å². The van der Waals surface area contributed by atoms with E-state index in [-0.39, 0.29) is 12.2 Å². The van der Waals surface area contributed by atoms with Crippen molar-refractivity contribution in [2.75, 3.05) is 25.6 Å². The topological polar surface area (TPSA) is 104 Å². The van der Waals surface area contributed by atoms with Crippen molar-refractivity contribution >= 4 is 33.6 Å². The van der Waals surface area contributed by atoms with Gasteiger partial charge in [0.25, 0.3) is 5.91 Å². The first kappa shape index (κ1) is 21.8. The van der Waals surface area contributed by atoms with Crippen LogP contribution in [0.1, 0.15) is 12.5 Å². The van der Waals surface area contributed by atoms with Gasteiger partial charge in [-0.1, -0.05) is 0 Å². The van der Waals surface area contributed by atoms with Crippen molar-refractivity contribution < 1.29 is 19.0 Å². The smallest absolute Gasteiger partial charge is 0.266 e. The van der Waals surface area contributed by atoms with Gasteiger partial charge in [-0.05, 0) is 70.9 Å². The molecule has 0 unspecified atom stereocenters. The average molecular weight is 456 g/mol. The van der Waals surface area contributed by atoms with Crippen molar-refractivity contribution in [2.45, 2.75) is 6.92 Å². The number of anilines is 1. The van der Waals surface area contributed by atoms with Crippen molar-refractivity contribution in [1.29, 1.82) is 10.5 Å². The van der Waals surface area contributed by atoms with Crippen LogP contribution in [0, 0.1) is 22.7 Å². The van der Waals surface area contributed by atoms with Crippen molar-refractivity contribution in [3.8, 4) is 29.4 Å². The molecule has 29 heavy (non-hydrogen) atoms. The molecular formula is C21H18BrN3O4. The summed E-state index contributed by atoms with van der Waals surface area (Å²) in [5.41, 5.74) is 1.01. The zero-order valence-corrected chi connectivity index (χ0v) is 17.4. The first-order chi connectivity index (χ1) is 14.0. The average Bonchev–Trinajstić information content (AvgIpc) is 2.72. The Labute approximate surface area is 177 Å². The van der Waals surface area contributed by atoms with E-state index in [1.54, 1.807) is 36.4 Å². The number of halogens is 1. The molecule has 2 aromatic rings. The maximum atomic E-state index is 12.5. The molecule has 0 bridgehead atoms. The summed E-state index contributed by atoms with van der Waals surface area (Å²) in [6.45, 7) is 2.29. The Morgan fingerprint density at radius 1 is 1.21 bits per heavy atom. The summed E-state index contributed by atoms with van der Waals surface area (Å²) in [7, 11) is 1.46. The maximum Gasteiger partial charge on any atom is 0.266 e. The van der Waals surface area contributed by atoms with E-state index in [1.165, 1.54) is 13.2 Å². The van der Waals surface area contributed by atoms with Crippen molar-refractivity contribution in [1.82, 2.24) is 0 Å². The summed E-state index contributed by atoms with van der Waals surface area (Å²) in [6.07, 6.45) is 1.44. The zero-order chi connectivity index (χ0) is 21.2. The predicted octanol–water partition coefficient (Wildman–Crippen LogP) is 4.30. The highest BCUT2D eigenvalue weighted by Gasteiger charge is 2.14. The van der Waals surface area contributed by atoms with E-state index in [9.17, 15) is 10.1 Å². The molecule has 0 aromatic heterocycles. The molecule has 2 rings (SSSR count). The highest BCUT2D eigenvalue weighted by Crippen LogP contribution is 2.37. The number of benzene rings is 2. The van der Waals surface area contributed by atoms with Crippen molar-refractivity contribution in [3.05, 3.63) is 52.0 Å². The molecule has 1 N–H and O–H groups in total. The number of rotatable bonds is 8. The quantitative estimate of drug-likeness (QED) is 0.469. The summed E-state index contributed by atoms with van der Waals surface area (Å²) < 4.78 is 16.5. The van der Waals surface area contributed by atoms with Gasteiger partial charge in [-0.15, -0.1) is 0 Å². The minimum absolute atomic E-state index is 0.0847. The number of hydrogen-bond acceptors (Lipinski definition) is 6. The zero-order valence-electron chi connectivity index (χ0n) is 15.9. The number of amides is 1. The highest BCUT2D eigenvalue weighted by atomic mass is 79.9. The molecule has 0 aliphatic carbocycles. The molecule has 8 heteroatoms. The van der Waals surface area contributed by atoms with Gasteiger partial charge in [-0.3, -0.25) is 4.79 Å². The van der Waals surface area contributed by atoms with Crippen molar-refractivity contribution in [3.63, 3.8) is 0 Å². The summed E-state index contributed by atoms with van der Waals surface area (Å²) in [5.74, 6) is 0.877. The van der Waals surface area contributed by atoms with E-state index in [1.807, 2.05) is 19.1 Å². The van der Waals surface area contributed by atoms with Crippen LogP contribution in [0.3, 0.4) is 0 Å². The van der Waals surface area contributed by atoms with E-state index >= 15 is 0 Å². The van der Waals surface area contributed by atoms with E-state index in [4.69, 9.17) is 19.5 Å². The van der Waals surface area contributed by atoms with E-state index in [0.717, 1.165) is 0 Å². The van der Waals surface area contributed by atoms with Gasteiger partial charge in [-0.2, -0.15) is 10.5 Å². The summed E-state index contributed by atoms with van der Waals surface area (Å²) in [5, 5.41) is 20.8. The molecule has 0 radical (unpaired) electrons. The lowest BCUT2D eigenvalue weighted by atomic mass is 10.1. The first-order valence-electron chi connectivity index (χ1n) is 8.55. The third kappa shape index (κ3) is 6.00. The molecule has 7 nitrogen and oxygen atoms in total. The molecule has 2 aromatic carbocycles. The number of methoxy groups -OCH3 is 1. The molecule has 0 fully saturated rings. The fraction of sp³-hybridized carbons (Fsp3) is 0.190. The van der Waals surface area contributed by atoms with Gasteiger partial charge in [0.05, 0.1) is 18.2 Å². The van der Waals surface area contributed by atoms with Crippen LogP contribution in [0.25, 0.3) is 6.08 Å². The third-order valence-electron chi connectivity index (χ3n) is 3.63. The molecule has 0 saturated carbocycles. The fourth-order valence-electron chi connectivity index (χ4n) is 2.38. The van der Waals surface area contributed by atoms with E-state index < -0.39 is 5.91 Å². The van der Waals surface area contributed by atoms with Gasteiger partial charge in [-0.25, -0.2) is 0 Å². The Hall–Kier alpha value is -3.49. The van der Waals surface area contributed by atoms with Crippen LogP contribution in [0.4, 0.5) is 5.69 Å². The van der Waals surface area contributed by atoms with Crippen LogP contribution in [0.5, 0.6) is 17.2 Å². The minimum atomic E-state index is -0.545. The van der Waals surface area contributed by atoms with Gasteiger partial charge < -0.3 is 19.5 Å². The molecule has 0 spiro atoms. The maximum absolute atomic E-state index is 12.5. The van der Waals surface area contributed by atoms with Gasteiger partial charge in [0.1, 0.15) is 23.5 Å². The molecule has 1 amide bonds. The Morgan fingerprint density at radius 2 is 1.93 bits per heavy atom. The van der Waals surface area contributed by atoms with Crippen molar-refractivity contribution in [2.24, 2.45) is 0 Å². The molecule has 0 saturated heterocycles. The van der Waals surface area contributed by atoms with Crippen LogP contribution in [0.15, 0.2) is 46.4 Å². The largest absolute Gasteiger partial charge is 0.494 e. The SMILES string of the molecule is CCOc1ccc(NC(=O)/C(C#N)=C\c2cc(Br)c(OCC#N)c(OC)c2)cc1. The molecule has 0 aliphatic rings. The number of ether oxygens (including phenoxy) is 3. The van der Waals surface area contributed by atoms with E-state index in [0.29, 0.717) is 39.6 Å². The van der Waals surface area contributed by atoms with E-state index in [2.05, 4.69) is 21.2 Å². The van der Waals surface area contributed by atoms with Crippen LogP contribution in [0.2, 0.25) is 0 Å². The summed E-state index contributed by atoms with van der Waals surface area (Å²) in [4.78, 5) is 12.5. The Kier molecular flexibility index (Phi) is 8.08. The second-order valence-electron chi connectivity index (χ2n) is 5.56. The van der Waals surface area contributed by atoms with Gasteiger partial charge in [0.15, 0.2) is 18.1 Å². The molecule has 148 valence electrons. The second-order valence-corrected chi connectivity index (χ2v) is 6.42. The van der Waals surface area contributed by atoms with Gasteiger partial charge >= 0.3 is 0 Å².